The van der Waals surface area contributed by atoms with Crippen molar-refractivity contribution in [1.82, 2.24) is 14.3 Å². The van der Waals surface area contributed by atoms with E-state index in [2.05, 4.69) is 4.72 Å². The molecule has 10 heteroatoms. The average Bonchev–Trinajstić information content (AvgIpc) is 3.53. The molecule has 1 aromatic carbocycles. The fraction of sp³-hybridized carbons (Fsp3) is 0.500. The molecule has 164 valence electrons. The number of nitrogens with zero attached hydrogens (tertiary/aromatic N) is 1. The van der Waals surface area contributed by atoms with Gasteiger partial charge in [0.25, 0.3) is 5.56 Å². The molecule has 1 aliphatic carbocycles. The van der Waals surface area contributed by atoms with Crippen LogP contribution in [0, 0.1) is 11.7 Å². The lowest BCUT2D eigenvalue weighted by atomic mass is 10.2. The molecule has 1 aromatic heterocycles. The predicted octanol–water partition coefficient (Wildman–Crippen LogP) is 1.75. The van der Waals surface area contributed by atoms with Crippen molar-refractivity contribution in [1.29, 1.82) is 0 Å². The summed E-state index contributed by atoms with van der Waals surface area (Å²) in [4.78, 5) is 24.4. The number of ether oxygens (including phenoxy) is 1. The predicted molar refractivity (Wildman–Crippen MR) is 110 cm³/mol. The van der Waals surface area contributed by atoms with E-state index >= 15 is 0 Å². The first-order chi connectivity index (χ1) is 14.3. The van der Waals surface area contributed by atoms with Crippen LogP contribution in [0.2, 0.25) is 0 Å². The smallest absolute Gasteiger partial charge is 0.328 e. The minimum Gasteiger partial charge on any atom is -0.493 e. The topological polar surface area (TPSA) is 110 Å². The molecular formula is C20H26FN3O5S. The summed E-state index contributed by atoms with van der Waals surface area (Å²) < 4.78 is 47.0. The quantitative estimate of drug-likeness (QED) is 0.490. The lowest BCUT2D eigenvalue weighted by Gasteiger charge is -2.09. The van der Waals surface area contributed by atoms with Crippen LogP contribution < -0.4 is 20.7 Å². The molecule has 2 N–H and O–H groups in total. The lowest BCUT2D eigenvalue weighted by Crippen LogP contribution is -2.31. The van der Waals surface area contributed by atoms with E-state index in [4.69, 9.17) is 4.74 Å². The zero-order valence-electron chi connectivity index (χ0n) is 16.6. The first-order valence-electron chi connectivity index (χ1n) is 10.0. The first-order valence-corrected chi connectivity index (χ1v) is 11.7. The van der Waals surface area contributed by atoms with Crippen molar-refractivity contribution in [2.45, 2.75) is 45.2 Å². The SMILES string of the molecule is O=c1[nH]c(=O)n(CCCCCS(=O)(=O)NCc2cccc(OCC3CC3)c2)cc1F. The van der Waals surface area contributed by atoms with Crippen molar-refractivity contribution in [3.8, 4) is 5.75 Å². The van der Waals surface area contributed by atoms with E-state index in [0.29, 0.717) is 31.8 Å². The molecule has 3 rings (SSSR count). The highest BCUT2D eigenvalue weighted by molar-refractivity contribution is 7.89. The van der Waals surface area contributed by atoms with Crippen molar-refractivity contribution in [2.75, 3.05) is 12.4 Å². The van der Waals surface area contributed by atoms with Crippen LogP contribution in [-0.4, -0.2) is 30.3 Å². The highest BCUT2D eigenvalue weighted by atomic mass is 32.2. The number of hydrogen-bond acceptors (Lipinski definition) is 5. The van der Waals surface area contributed by atoms with Gasteiger partial charge in [0.2, 0.25) is 15.8 Å². The fourth-order valence-electron chi connectivity index (χ4n) is 2.91. The maximum atomic E-state index is 13.2. The Bertz CT molecular complexity index is 1080. The standard InChI is InChI=1S/C20H26FN3O5S/c21-18-13-24(20(26)23-19(18)25)9-2-1-3-10-30(27,28)22-12-16-5-4-6-17(11-16)29-14-15-7-8-15/h4-6,11,13,15,22H,1-3,7-10,12,14H2,(H,23,25,26). The number of benzene rings is 1. The molecule has 1 aliphatic rings. The van der Waals surface area contributed by atoms with Gasteiger partial charge in [-0.2, -0.15) is 4.39 Å². The molecule has 1 saturated carbocycles. The largest absolute Gasteiger partial charge is 0.493 e. The van der Waals surface area contributed by atoms with E-state index in [1.165, 1.54) is 12.8 Å². The number of aromatic amines is 1. The number of sulfonamides is 1. The Labute approximate surface area is 174 Å². The molecule has 0 aliphatic heterocycles. The Morgan fingerprint density at radius 3 is 2.77 bits per heavy atom. The molecule has 0 spiro atoms. The van der Waals surface area contributed by atoms with Gasteiger partial charge >= 0.3 is 5.69 Å². The molecule has 30 heavy (non-hydrogen) atoms. The molecule has 0 unspecified atom stereocenters. The third-order valence-electron chi connectivity index (χ3n) is 4.86. The zero-order valence-corrected chi connectivity index (χ0v) is 17.4. The third kappa shape index (κ3) is 7.10. The van der Waals surface area contributed by atoms with Gasteiger partial charge in [0.05, 0.1) is 18.6 Å². The van der Waals surface area contributed by atoms with Gasteiger partial charge < -0.3 is 4.74 Å². The van der Waals surface area contributed by atoms with E-state index in [-0.39, 0.29) is 18.8 Å². The number of rotatable bonds is 12. The summed E-state index contributed by atoms with van der Waals surface area (Å²) in [6.07, 6.45) is 4.71. The maximum absolute atomic E-state index is 13.2. The number of hydrogen-bond donors (Lipinski definition) is 2. The second-order valence-electron chi connectivity index (χ2n) is 7.53. The summed E-state index contributed by atoms with van der Waals surface area (Å²) in [6.45, 7) is 1.09. The molecule has 0 radical (unpaired) electrons. The maximum Gasteiger partial charge on any atom is 0.328 e. The Morgan fingerprint density at radius 2 is 2.00 bits per heavy atom. The van der Waals surface area contributed by atoms with Gasteiger partial charge in [-0.05, 0) is 49.3 Å². The molecule has 8 nitrogen and oxygen atoms in total. The van der Waals surface area contributed by atoms with Crippen molar-refractivity contribution in [3.05, 3.63) is 62.7 Å². The second-order valence-corrected chi connectivity index (χ2v) is 9.46. The van der Waals surface area contributed by atoms with Crippen LogP contribution in [0.25, 0.3) is 0 Å². The van der Waals surface area contributed by atoms with Crippen LogP contribution in [0.3, 0.4) is 0 Å². The summed E-state index contributed by atoms with van der Waals surface area (Å²) >= 11 is 0. The van der Waals surface area contributed by atoms with E-state index in [1.807, 2.05) is 29.2 Å². The van der Waals surface area contributed by atoms with Crippen LogP contribution in [-0.2, 0) is 23.1 Å². The average molecular weight is 440 g/mol. The highest BCUT2D eigenvalue weighted by Gasteiger charge is 2.21. The van der Waals surface area contributed by atoms with Gasteiger partial charge in [0, 0.05) is 13.1 Å². The number of aryl methyl sites for hydroxylation is 1. The number of H-pyrrole nitrogens is 1. The van der Waals surface area contributed by atoms with Crippen LogP contribution in [0.1, 0.15) is 37.7 Å². The van der Waals surface area contributed by atoms with Crippen molar-refractivity contribution >= 4 is 10.0 Å². The number of unbranched alkanes of at least 4 members (excludes halogenated alkanes) is 2. The van der Waals surface area contributed by atoms with E-state index in [0.717, 1.165) is 22.1 Å². The van der Waals surface area contributed by atoms with Gasteiger partial charge in [-0.1, -0.05) is 18.6 Å². The van der Waals surface area contributed by atoms with Crippen molar-refractivity contribution in [2.24, 2.45) is 5.92 Å². The molecule has 0 bridgehead atoms. The van der Waals surface area contributed by atoms with Crippen LogP contribution >= 0.6 is 0 Å². The van der Waals surface area contributed by atoms with Gasteiger partial charge in [-0.25, -0.2) is 17.9 Å². The monoisotopic (exact) mass is 439 g/mol. The van der Waals surface area contributed by atoms with Gasteiger partial charge in [0.15, 0.2) is 0 Å². The Morgan fingerprint density at radius 1 is 1.20 bits per heavy atom. The number of aromatic nitrogens is 2. The Balaban J connectivity index is 1.38. The Hall–Kier alpha value is -2.46. The number of halogens is 1. The van der Waals surface area contributed by atoms with Crippen molar-refractivity contribution in [3.63, 3.8) is 0 Å². The molecule has 1 fully saturated rings. The van der Waals surface area contributed by atoms with Gasteiger partial charge in [-0.15, -0.1) is 0 Å². The van der Waals surface area contributed by atoms with Crippen molar-refractivity contribution < 1.29 is 17.5 Å². The van der Waals surface area contributed by atoms with Gasteiger partial charge in [0.1, 0.15) is 5.75 Å². The summed E-state index contributed by atoms with van der Waals surface area (Å²) in [5.74, 6) is 0.324. The summed E-state index contributed by atoms with van der Waals surface area (Å²) in [6, 6.07) is 7.38. The summed E-state index contributed by atoms with van der Waals surface area (Å²) in [5, 5.41) is 0. The second kappa shape index (κ2) is 10.0. The zero-order chi connectivity index (χ0) is 21.6. The van der Waals surface area contributed by atoms with E-state index < -0.39 is 27.1 Å². The van der Waals surface area contributed by atoms with Crippen LogP contribution in [0.15, 0.2) is 40.1 Å². The summed E-state index contributed by atoms with van der Waals surface area (Å²) in [7, 11) is -3.44. The summed E-state index contributed by atoms with van der Waals surface area (Å²) in [5.41, 5.74) is -0.904. The molecular weight excluding hydrogens is 413 g/mol. The molecule has 0 atom stereocenters. The number of nitrogens with one attached hydrogen (secondary N) is 2. The molecule has 2 aromatic rings. The fourth-order valence-corrected chi connectivity index (χ4v) is 4.02. The van der Waals surface area contributed by atoms with E-state index in [1.54, 1.807) is 0 Å². The molecule has 0 saturated heterocycles. The molecule has 1 heterocycles. The highest BCUT2D eigenvalue weighted by Crippen LogP contribution is 2.29. The minimum atomic E-state index is -3.44. The van der Waals surface area contributed by atoms with E-state index in [9.17, 15) is 22.4 Å². The molecule has 0 amide bonds. The normalized spacial score (nSPS) is 14.0. The third-order valence-corrected chi connectivity index (χ3v) is 6.27. The lowest BCUT2D eigenvalue weighted by molar-refractivity contribution is 0.299. The van der Waals surface area contributed by atoms with Crippen LogP contribution in [0.5, 0.6) is 5.75 Å². The Kier molecular flexibility index (Phi) is 7.43. The minimum absolute atomic E-state index is 0.0419. The van der Waals surface area contributed by atoms with Gasteiger partial charge in [-0.3, -0.25) is 14.3 Å². The first kappa shape index (κ1) is 22.2. The van der Waals surface area contributed by atoms with Crippen LogP contribution in [0.4, 0.5) is 4.39 Å².